The molecule has 0 atom stereocenters. The van der Waals surface area contributed by atoms with E-state index in [1.54, 1.807) is 0 Å². The van der Waals surface area contributed by atoms with Crippen LogP contribution < -0.4 is 0 Å². The van der Waals surface area contributed by atoms with Crippen LogP contribution in [0.15, 0.2) is 4.47 Å². The second-order valence-corrected chi connectivity index (χ2v) is 6.36. The van der Waals surface area contributed by atoms with E-state index in [0.29, 0.717) is 12.2 Å². The summed E-state index contributed by atoms with van der Waals surface area (Å²) >= 11 is 3.55. The maximum Gasteiger partial charge on any atom is 0.138 e. The van der Waals surface area contributed by atoms with Gasteiger partial charge in [-0.05, 0) is 42.1 Å². The molecule has 1 aromatic heterocycles. The predicted molar refractivity (Wildman–Crippen MR) is 80.2 cm³/mol. The Balaban J connectivity index is 1.90. The summed E-state index contributed by atoms with van der Waals surface area (Å²) in [6.45, 7) is 4.85. The summed E-state index contributed by atoms with van der Waals surface area (Å²) in [5.74, 6) is 1.15. The fourth-order valence-electron chi connectivity index (χ4n) is 2.98. The molecule has 0 saturated heterocycles. The van der Waals surface area contributed by atoms with Crippen LogP contribution in [0.3, 0.4) is 0 Å². The number of Topliss-reactive ketones (excluding diaryl/α,β-unsaturated/α-hetero) is 1. The van der Waals surface area contributed by atoms with Crippen molar-refractivity contribution in [2.24, 2.45) is 5.92 Å². The van der Waals surface area contributed by atoms with Crippen LogP contribution in [0.1, 0.15) is 56.8 Å². The lowest BCUT2D eigenvalue weighted by molar-refractivity contribution is -0.118. The molecule has 1 aromatic rings. The van der Waals surface area contributed by atoms with Crippen molar-refractivity contribution in [2.45, 2.75) is 65.3 Å². The molecule has 106 valence electrons. The number of carbonyl (C=O) groups is 1. The topological polar surface area (TPSA) is 34.9 Å². The van der Waals surface area contributed by atoms with Crippen LogP contribution in [-0.4, -0.2) is 15.6 Å². The Morgan fingerprint density at radius 3 is 2.74 bits per heavy atom. The monoisotopic (exact) mass is 326 g/mol. The third-order valence-electron chi connectivity index (χ3n) is 4.12. The minimum Gasteiger partial charge on any atom is -0.299 e. The number of ketones is 1. The van der Waals surface area contributed by atoms with Crippen LogP contribution in [0.5, 0.6) is 0 Å². The van der Waals surface area contributed by atoms with Crippen LogP contribution in [0.25, 0.3) is 0 Å². The van der Waals surface area contributed by atoms with E-state index >= 15 is 0 Å². The summed E-state index contributed by atoms with van der Waals surface area (Å²) in [6, 6.07) is 0. The molecule has 1 saturated carbocycles. The van der Waals surface area contributed by atoms with Crippen LogP contribution in [0.4, 0.5) is 0 Å². The van der Waals surface area contributed by atoms with Crippen molar-refractivity contribution in [2.75, 3.05) is 0 Å². The Kier molecular flexibility index (Phi) is 5.20. The predicted octanol–water partition coefficient (Wildman–Crippen LogP) is 4.06. The first kappa shape index (κ1) is 14.8. The molecule has 0 unspecified atom stereocenters. The first-order valence-electron chi connectivity index (χ1n) is 7.35. The minimum atomic E-state index is 0.349. The van der Waals surface area contributed by atoms with Crippen molar-refractivity contribution in [3.05, 3.63) is 15.9 Å². The molecule has 19 heavy (non-hydrogen) atoms. The Morgan fingerprint density at radius 2 is 2.11 bits per heavy atom. The highest BCUT2D eigenvalue weighted by atomic mass is 79.9. The van der Waals surface area contributed by atoms with Gasteiger partial charge >= 0.3 is 0 Å². The number of carbonyl (C=O) groups excluding carboxylic acids is 1. The van der Waals surface area contributed by atoms with Gasteiger partial charge in [-0.15, -0.1) is 0 Å². The van der Waals surface area contributed by atoms with Crippen molar-refractivity contribution in [3.8, 4) is 0 Å². The molecule has 0 N–H and O–H groups in total. The van der Waals surface area contributed by atoms with Crippen molar-refractivity contribution in [1.82, 2.24) is 9.78 Å². The van der Waals surface area contributed by atoms with Crippen LogP contribution in [0.2, 0.25) is 0 Å². The molecule has 1 aliphatic rings. The van der Waals surface area contributed by atoms with Gasteiger partial charge in [0.05, 0.1) is 15.9 Å². The Labute approximate surface area is 123 Å². The van der Waals surface area contributed by atoms with Crippen LogP contribution in [0, 0.1) is 12.8 Å². The van der Waals surface area contributed by atoms with E-state index < -0.39 is 0 Å². The normalized spacial score (nSPS) is 16.2. The van der Waals surface area contributed by atoms with Gasteiger partial charge in [-0.2, -0.15) is 5.10 Å². The summed E-state index contributed by atoms with van der Waals surface area (Å²) < 4.78 is 2.94. The van der Waals surface area contributed by atoms with Gasteiger partial charge in [0.15, 0.2) is 0 Å². The van der Waals surface area contributed by atoms with E-state index in [-0.39, 0.29) is 0 Å². The molecule has 1 fully saturated rings. The first-order chi connectivity index (χ1) is 9.11. The van der Waals surface area contributed by atoms with Gasteiger partial charge in [0, 0.05) is 19.4 Å². The Hall–Kier alpha value is -0.640. The zero-order chi connectivity index (χ0) is 13.8. The highest BCUT2D eigenvalue weighted by Crippen LogP contribution is 2.29. The lowest BCUT2D eigenvalue weighted by atomic mass is 9.99. The maximum absolute atomic E-state index is 12.1. The second-order valence-electron chi connectivity index (χ2n) is 5.57. The summed E-state index contributed by atoms with van der Waals surface area (Å²) in [5.41, 5.74) is 2.01. The molecule has 1 heterocycles. The van der Waals surface area contributed by atoms with Gasteiger partial charge in [-0.3, -0.25) is 9.48 Å². The van der Waals surface area contributed by atoms with Gasteiger partial charge in [0.25, 0.3) is 0 Å². The molecule has 0 aromatic carbocycles. The third-order valence-corrected chi connectivity index (χ3v) is 5.16. The lowest BCUT2D eigenvalue weighted by Gasteiger charge is -2.08. The quantitative estimate of drug-likeness (QED) is 0.790. The molecule has 2 rings (SSSR count). The van der Waals surface area contributed by atoms with Gasteiger partial charge in [-0.25, -0.2) is 0 Å². The van der Waals surface area contributed by atoms with Crippen molar-refractivity contribution >= 4 is 21.7 Å². The van der Waals surface area contributed by atoms with Crippen molar-refractivity contribution in [3.63, 3.8) is 0 Å². The second kappa shape index (κ2) is 6.69. The maximum atomic E-state index is 12.1. The lowest BCUT2D eigenvalue weighted by Crippen LogP contribution is -2.11. The Morgan fingerprint density at radius 1 is 1.42 bits per heavy atom. The number of aryl methyl sites for hydroxylation is 2. The summed E-state index contributed by atoms with van der Waals surface area (Å²) in [7, 11) is 0. The van der Waals surface area contributed by atoms with Crippen LogP contribution >= 0.6 is 15.9 Å². The number of halogens is 1. The van der Waals surface area contributed by atoms with E-state index in [1.165, 1.54) is 25.7 Å². The Bertz CT molecular complexity index is 447. The fourth-order valence-corrected chi connectivity index (χ4v) is 3.40. The molecule has 0 spiro atoms. The molecule has 0 aliphatic heterocycles. The number of hydrogen-bond donors (Lipinski definition) is 0. The number of nitrogens with zero attached hydrogens (tertiary/aromatic N) is 2. The number of hydrogen-bond acceptors (Lipinski definition) is 2. The molecular weight excluding hydrogens is 304 g/mol. The van der Waals surface area contributed by atoms with Crippen molar-refractivity contribution in [1.29, 1.82) is 0 Å². The fraction of sp³-hybridized carbons (Fsp3) is 0.733. The van der Waals surface area contributed by atoms with Gasteiger partial charge in [0.2, 0.25) is 0 Å². The average Bonchev–Trinajstić information content (AvgIpc) is 3.00. The highest BCUT2D eigenvalue weighted by molar-refractivity contribution is 9.10. The summed E-state index contributed by atoms with van der Waals surface area (Å²) in [6.07, 6.45) is 7.67. The van der Waals surface area contributed by atoms with Crippen molar-refractivity contribution < 1.29 is 4.79 Å². The van der Waals surface area contributed by atoms with E-state index in [9.17, 15) is 4.79 Å². The SMILES string of the molecule is CCn1nc(C)c(Br)c1CC(=O)CCC1CCCC1. The van der Waals surface area contributed by atoms with E-state index in [1.807, 2.05) is 11.6 Å². The molecule has 0 amide bonds. The molecule has 1 aliphatic carbocycles. The van der Waals surface area contributed by atoms with Gasteiger partial charge in [-0.1, -0.05) is 25.7 Å². The molecular formula is C15H23BrN2O. The third kappa shape index (κ3) is 3.68. The standard InChI is InChI=1S/C15H23BrN2O/c1-3-18-14(15(16)11(2)17-18)10-13(19)9-8-12-6-4-5-7-12/h12H,3-10H2,1-2H3. The zero-order valence-corrected chi connectivity index (χ0v) is 13.5. The number of rotatable bonds is 6. The minimum absolute atomic E-state index is 0.349. The first-order valence-corrected chi connectivity index (χ1v) is 8.14. The molecule has 4 heteroatoms. The van der Waals surface area contributed by atoms with E-state index in [4.69, 9.17) is 0 Å². The highest BCUT2D eigenvalue weighted by Gasteiger charge is 2.19. The van der Waals surface area contributed by atoms with Crippen LogP contribution in [-0.2, 0) is 17.8 Å². The average molecular weight is 327 g/mol. The summed E-state index contributed by atoms with van der Waals surface area (Å²) in [5, 5.41) is 4.44. The largest absolute Gasteiger partial charge is 0.299 e. The molecule has 0 radical (unpaired) electrons. The van der Waals surface area contributed by atoms with Gasteiger partial charge < -0.3 is 0 Å². The van der Waals surface area contributed by atoms with Gasteiger partial charge in [0.1, 0.15) is 5.78 Å². The number of aromatic nitrogens is 2. The smallest absolute Gasteiger partial charge is 0.138 e. The molecule has 0 bridgehead atoms. The molecule has 3 nitrogen and oxygen atoms in total. The van der Waals surface area contributed by atoms with E-state index in [0.717, 1.165) is 41.2 Å². The van der Waals surface area contributed by atoms with E-state index in [2.05, 4.69) is 28.0 Å². The zero-order valence-electron chi connectivity index (χ0n) is 11.9. The summed E-state index contributed by atoms with van der Waals surface area (Å²) in [4.78, 5) is 12.1.